The molecule has 0 radical (unpaired) electrons. The monoisotopic (exact) mass is 278 g/mol. The molecule has 2 atom stereocenters. The third-order valence-electron chi connectivity index (χ3n) is 4.18. The molecule has 19 heavy (non-hydrogen) atoms. The number of anilines is 1. The van der Waals surface area contributed by atoms with Crippen molar-refractivity contribution in [2.24, 2.45) is 5.92 Å². The van der Waals surface area contributed by atoms with E-state index in [0.717, 1.165) is 25.6 Å². The maximum atomic E-state index is 3.71. The Balaban J connectivity index is 2.12. The van der Waals surface area contributed by atoms with Gasteiger partial charge in [0, 0.05) is 29.7 Å². The zero-order valence-electron chi connectivity index (χ0n) is 12.4. The summed E-state index contributed by atoms with van der Waals surface area (Å²) in [6.45, 7) is 8.09. The second kappa shape index (κ2) is 7.20. The van der Waals surface area contributed by atoms with Gasteiger partial charge in [-0.25, -0.2) is 0 Å². The number of rotatable bonds is 4. The Morgan fingerprint density at radius 3 is 3.05 bits per heavy atom. The van der Waals surface area contributed by atoms with E-state index >= 15 is 0 Å². The Morgan fingerprint density at radius 1 is 1.47 bits per heavy atom. The molecule has 1 saturated heterocycles. The third-order valence-corrected chi connectivity index (χ3v) is 4.90. The van der Waals surface area contributed by atoms with Crippen LogP contribution in [-0.4, -0.2) is 31.9 Å². The third kappa shape index (κ3) is 3.90. The molecule has 2 nitrogen and oxygen atoms in total. The first-order valence-corrected chi connectivity index (χ1v) is 8.59. The molecule has 1 fully saturated rings. The van der Waals surface area contributed by atoms with E-state index in [1.54, 1.807) is 0 Å². The highest BCUT2D eigenvalue weighted by Crippen LogP contribution is 2.24. The molecule has 1 heterocycles. The van der Waals surface area contributed by atoms with Gasteiger partial charge in [-0.2, -0.15) is 0 Å². The van der Waals surface area contributed by atoms with Gasteiger partial charge in [-0.1, -0.05) is 26.3 Å². The highest BCUT2D eigenvalue weighted by Gasteiger charge is 2.21. The highest BCUT2D eigenvalue weighted by molar-refractivity contribution is 7.98. The van der Waals surface area contributed by atoms with Crippen LogP contribution in [0, 0.1) is 5.92 Å². The number of benzene rings is 1. The predicted octanol–water partition coefficient (Wildman–Crippen LogP) is 3.62. The number of thioether (sulfide) groups is 1. The molecule has 0 aliphatic carbocycles. The molecule has 106 valence electrons. The zero-order valence-corrected chi connectivity index (χ0v) is 13.2. The molecule has 0 spiro atoms. The summed E-state index contributed by atoms with van der Waals surface area (Å²) < 4.78 is 0. The van der Waals surface area contributed by atoms with Crippen LogP contribution in [0.15, 0.2) is 29.2 Å². The van der Waals surface area contributed by atoms with Crippen molar-refractivity contribution in [3.05, 3.63) is 24.3 Å². The zero-order chi connectivity index (χ0) is 13.7. The highest BCUT2D eigenvalue weighted by atomic mass is 32.2. The van der Waals surface area contributed by atoms with Crippen LogP contribution >= 0.6 is 11.8 Å². The fourth-order valence-corrected chi connectivity index (χ4v) is 3.11. The SMILES string of the molecule is CCC(C)C1CN(c2cccc(SC)c2)CCCN1. The fourth-order valence-electron chi connectivity index (χ4n) is 2.66. The normalized spacial score (nSPS) is 22.1. The minimum atomic E-state index is 0.616. The quantitative estimate of drug-likeness (QED) is 0.847. The maximum Gasteiger partial charge on any atom is 0.0377 e. The Labute approximate surface area is 122 Å². The summed E-state index contributed by atoms with van der Waals surface area (Å²) in [5.74, 6) is 0.740. The van der Waals surface area contributed by atoms with Crippen LogP contribution < -0.4 is 10.2 Å². The molecule has 3 heteroatoms. The molecule has 1 aliphatic heterocycles. The van der Waals surface area contributed by atoms with Gasteiger partial charge in [0.25, 0.3) is 0 Å². The summed E-state index contributed by atoms with van der Waals surface area (Å²) in [5, 5.41) is 3.71. The van der Waals surface area contributed by atoms with E-state index < -0.39 is 0 Å². The van der Waals surface area contributed by atoms with Crippen LogP contribution in [-0.2, 0) is 0 Å². The molecule has 0 saturated carbocycles. The standard InChI is InChI=1S/C16H26N2S/c1-4-13(2)16-12-18(10-6-9-17-16)14-7-5-8-15(11-14)19-3/h5,7-8,11,13,16-17H,4,6,9-10,12H2,1-3H3. The van der Waals surface area contributed by atoms with Crippen LogP contribution in [0.1, 0.15) is 26.7 Å². The van der Waals surface area contributed by atoms with Gasteiger partial charge in [0.2, 0.25) is 0 Å². The van der Waals surface area contributed by atoms with Crippen molar-refractivity contribution < 1.29 is 0 Å². The van der Waals surface area contributed by atoms with Crippen LogP contribution in [0.4, 0.5) is 5.69 Å². The lowest BCUT2D eigenvalue weighted by Gasteiger charge is -2.29. The van der Waals surface area contributed by atoms with E-state index in [4.69, 9.17) is 0 Å². The summed E-state index contributed by atoms with van der Waals surface area (Å²) in [7, 11) is 0. The number of nitrogens with zero attached hydrogens (tertiary/aromatic N) is 1. The summed E-state index contributed by atoms with van der Waals surface area (Å²) in [6.07, 6.45) is 4.62. The summed E-state index contributed by atoms with van der Waals surface area (Å²) in [5.41, 5.74) is 1.38. The molecule has 2 rings (SSSR count). The van der Waals surface area contributed by atoms with Crippen LogP contribution in [0.25, 0.3) is 0 Å². The van der Waals surface area contributed by atoms with Gasteiger partial charge in [-0.3, -0.25) is 0 Å². The molecular weight excluding hydrogens is 252 g/mol. The molecule has 0 amide bonds. The number of hydrogen-bond donors (Lipinski definition) is 1. The molecule has 1 N–H and O–H groups in total. The lowest BCUT2D eigenvalue weighted by molar-refractivity contribution is 0.384. The maximum absolute atomic E-state index is 3.71. The van der Waals surface area contributed by atoms with Crippen molar-refractivity contribution >= 4 is 17.4 Å². The van der Waals surface area contributed by atoms with Gasteiger partial charge < -0.3 is 10.2 Å². The van der Waals surface area contributed by atoms with Gasteiger partial charge in [0.1, 0.15) is 0 Å². The second-order valence-electron chi connectivity index (χ2n) is 5.45. The van der Waals surface area contributed by atoms with E-state index in [1.165, 1.54) is 23.4 Å². The van der Waals surface area contributed by atoms with Crippen molar-refractivity contribution in [1.29, 1.82) is 0 Å². The largest absolute Gasteiger partial charge is 0.370 e. The average molecular weight is 278 g/mol. The smallest absolute Gasteiger partial charge is 0.0377 e. The molecule has 2 unspecified atom stereocenters. The van der Waals surface area contributed by atoms with Crippen LogP contribution in [0.2, 0.25) is 0 Å². The molecule has 0 aromatic heterocycles. The summed E-state index contributed by atoms with van der Waals surface area (Å²) in [6, 6.07) is 9.56. The predicted molar refractivity (Wildman–Crippen MR) is 86.3 cm³/mol. The Kier molecular flexibility index (Phi) is 5.59. The molecular formula is C16H26N2S. The van der Waals surface area contributed by atoms with Gasteiger partial charge >= 0.3 is 0 Å². The van der Waals surface area contributed by atoms with Crippen molar-refractivity contribution in [2.45, 2.75) is 37.6 Å². The first-order chi connectivity index (χ1) is 9.24. The van der Waals surface area contributed by atoms with E-state index in [-0.39, 0.29) is 0 Å². The lowest BCUT2D eigenvalue weighted by Crippen LogP contribution is -2.42. The number of hydrogen-bond acceptors (Lipinski definition) is 3. The first-order valence-electron chi connectivity index (χ1n) is 7.37. The molecule has 1 aromatic rings. The van der Waals surface area contributed by atoms with Crippen molar-refractivity contribution in [1.82, 2.24) is 5.32 Å². The number of nitrogens with one attached hydrogen (secondary N) is 1. The van der Waals surface area contributed by atoms with Crippen LogP contribution in [0.3, 0.4) is 0 Å². The van der Waals surface area contributed by atoms with Gasteiger partial charge in [-0.15, -0.1) is 11.8 Å². The second-order valence-corrected chi connectivity index (χ2v) is 6.33. The summed E-state index contributed by atoms with van der Waals surface area (Å²) in [4.78, 5) is 3.91. The van der Waals surface area contributed by atoms with E-state index in [0.29, 0.717) is 6.04 Å². The molecule has 1 aliphatic rings. The minimum Gasteiger partial charge on any atom is -0.370 e. The van der Waals surface area contributed by atoms with Gasteiger partial charge in [-0.05, 0) is 43.3 Å². The van der Waals surface area contributed by atoms with Gasteiger partial charge in [0.05, 0.1) is 0 Å². The molecule has 0 bridgehead atoms. The van der Waals surface area contributed by atoms with Crippen molar-refractivity contribution in [3.8, 4) is 0 Å². The van der Waals surface area contributed by atoms with E-state index in [1.807, 2.05) is 11.8 Å². The van der Waals surface area contributed by atoms with Gasteiger partial charge in [0.15, 0.2) is 0 Å². The topological polar surface area (TPSA) is 15.3 Å². The van der Waals surface area contributed by atoms with E-state index in [9.17, 15) is 0 Å². The lowest BCUT2D eigenvalue weighted by atomic mass is 9.99. The van der Waals surface area contributed by atoms with Crippen LogP contribution in [0.5, 0.6) is 0 Å². The van der Waals surface area contributed by atoms with E-state index in [2.05, 4.69) is 54.6 Å². The van der Waals surface area contributed by atoms with Crippen molar-refractivity contribution in [3.63, 3.8) is 0 Å². The Morgan fingerprint density at radius 2 is 2.32 bits per heavy atom. The first kappa shape index (κ1) is 14.7. The van der Waals surface area contributed by atoms with Crippen molar-refractivity contribution in [2.75, 3.05) is 30.8 Å². The summed E-state index contributed by atoms with van der Waals surface area (Å²) >= 11 is 1.82. The average Bonchev–Trinajstić information content (AvgIpc) is 2.72. The Bertz CT molecular complexity index is 394. The molecule has 1 aromatic carbocycles. The Hall–Kier alpha value is -0.670. The minimum absolute atomic E-state index is 0.616. The fraction of sp³-hybridized carbons (Fsp3) is 0.625.